The zero-order valence-electron chi connectivity index (χ0n) is 20.5. The molecule has 9 heteroatoms. The molecular formula is C29H24N4O5. The van der Waals surface area contributed by atoms with Crippen LogP contribution in [-0.2, 0) is 22.5 Å². The Morgan fingerprint density at radius 2 is 1.71 bits per heavy atom. The quantitative estimate of drug-likeness (QED) is 0.291. The number of benzene rings is 3. The number of hydrogen-bond acceptors (Lipinski definition) is 6. The lowest BCUT2D eigenvalue weighted by Crippen LogP contribution is -2.33. The first-order valence-corrected chi connectivity index (χ1v) is 12.4. The monoisotopic (exact) mass is 508 g/mol. The fraction of sp³-hybridized carbons (Fsp3) is 0.241. The molecule has 0 radical (unpaired) electrons. The number of nitriles is 1. The lowest BCUT2D eigenvalue weighted by Gasteiger charge is -2.26. The van der Waals surface area contributed by atoms with Crippen molar-refractivity contribution < 1.29 is 20.1 Å². The predicted molar refractivity (Wildman–Crippen MR) is 139 cm³/mol. The Morgan fingerprint density at radius 3 is 2.45 bits per heavy atom. The number of aromatic nitrogens is 3. The van der Waals surface area contributed by atoms with Gasteiger partial charge in [0.05, 0.1) is 45.5 Å². The number of fused-ring (bicyclic) bond motifs is 7. The highest BCUT2D eigenvalue weighted by molar-refractivity contribution is 5.95. The van der Waals surface area contributed by atoms with Gasteiger partial charge in [-0.25, -0.2) is 0 Å². The molecule has 190 valence electrons. The summed E-state index contributed by atoms with van der Waals surface area (Å²) in [6.07, 6.45) is -0.436. The zero-order valence-corrected chi connectivity index (χ0v) is 20.5. The minimum absolute atomic E-state index is 0.162. The van der Waals surface area contributed by atoms with E-state index in [1.807, 2.05) is 42.5 Å². The first kappa shape index (κ1) is 22.7. The molecule has 2 bridgehead atoms. The van der Waals surface area contributed by atoms with Crippen LogP contribution in [0.3, 0.4) is 0 Å². The number of aromatic amines is 1. The van der Waals surface area contributed by atoms with Crippen LogP contribution in [0.1, 0.15) is 36.5 Å². The van der Waals surface area contributed by atoms with Crippen molar-refractivity contribution in [3.05, 3.63) is 87.7 Å². The van der Waals surface area contributed by atoms with Gasteiger partial charge in [0.25, 0.3) is 5.56 Å². The number of H-pyrrole nitrogens is 1. The molecule has 1 saturated heterocycles. The molecule has 5 aromatic rings. The van der Waals surface area contributed by atoms with Crippen molar-refractivity contribution in [2.24, 2.45) is 0 Å². The fourth-order valence-electron chi connectivity index (χ4n) is 6.48. The van der Waals surface area contributed by atoms with Gasteiger partial charge in [0.15, 0.2) is 0 Å². The maximum Gasteiger partial charge on any atom is 0.274 e. The largest absolute Gasteiger partial charge is 0.494 e. The van der Waals surface area contributed by atoms with Crippen LogP contribution >= 0.6 is 0 Å². The van der Waals surface area contributed by atoms with Gasteiger partial charge in [0.1, 0.15) is 11.2 Å². The second-order valence-corrected chi connectivity index (χ2v) is 10.3. The molecule has 4 heterocycles. The van der Waals surface area contributed by atoms with Crippen molar-refractivity contribution in [1.29, 1.82) is 5.26 Å². The van der Waals surface area contributed by atoms with Crippen molar-refractivity contribution in [1.82, 2.24) is 14.3 Å². The number of nitrogens with one attached hydrogen (secondary N) is 1. The van der Waals surface area contributed by atoms with Crippen molar-refractivity contribution in [2.75, 3.05) is 0 Å². The van der Waals surface area contributed by atoms with Crippen LogP contribution in [-0.4, -0.2) is 35.8 Å². The van der Waals surface area contributed by atoms with E-state index in [4.69, 9.17) is 4.74 Å². The lowest BCUT2D eigenvalue weighted by molar-refractivity contribution is -0.106. The van der Waals surface area contributed by atoms with E-state index >= 15 is 0 Å². The zero-order chi connectivity index (χ0) is 26.4. The Kier molecular flexibility index (Phi) is 4.48. The van der Waals surface area contributed by atoms with Crippen LogP contribution in [0.4, 0.5) is 0 Å². The minimum atomic E-state index is -1.24. The summed E-state index contributed by atoms with van der Waals surface area (Å²) < 4.78 is 9.29. The Balaban J connectivity index is 1.38. The third kappa shape index (κ3) is 2.73. The number of aliphatic hydroxyl groups excluding tert-OH is 1. The molecule has 0 unspecified atom stereocenters. The number of aliphatic hydroxyl groups is 1. The summed E-state index contributed by atoms with van der Waals surface area (Å²) in [6, 6.07) is 20.1. The molecule has 2 aromatic heterocycles. The molecule has 9 nitrogen and oxygen atoms in total. The molecule has 4 N–H and O–H groups in total. The molecule has 3 aromatic carbocycles. The molecule has 3 atom stereocenters. The molecule has 2 aliphatic heterocycles. The molecule has 0 spiro atoms. The van der Waals surface area contributed by atoms with Crippen LogP contribution in [0.5, 0.6) is 11.8 Å². The van der Waals surface area contributed by atoms with Gasteiger partial charge < -0.3 is 20.1 Å². The highest BCUT2D eigenvalue weighted by Gasteiger charge is 2.66. The van der Waals surface area contributed by atoms with E-state index in [2.05, 4.69) is 11.2 Å². The second kappa shape index (κ2) is 7.51. The normalized spacial score (nSPS) is 23.8. The topological polar surface area (TPSA) is 136 Å². The SMILES string of the molecule is C[C@]12O[C@](CCn3[nH]c4ccccc4c3=O)(C[C@@H]1O)c1c2c(O)n(-c2ccc(C#N)c3ccccc23)c1O. The molecule has 1 fully saturated rings. The molecule has 0 saturated carbocycles. The van der Waals surface area contributed by atoms with Crippen molar-refractivity contribution in [2.45, 2.75) is 43.6 Å². The summed E-state index contributed by atoms with van der Waals surface area (Å²) in [4.78, 5) is 12.9. The van der Waals surface area contributed by atoms with Gasteiger partial charge >= 0.3 is 0 Å². The Morgan fingerprint density at radius 1 is 1.03 bits per heavy atom. The van der Waals surface area contributed by atoms with Crippen LogP contribution in [0.25, 0.3) is 27.4 Å². The predicted octanol–water partition coefficient (Wildman–Crippen LogP) is 3.85. The van der Waals surface area contributed by atoms with Gasteiger partial charge in [-0.05, 0) is 31.2 Å². The first-order chi connectivity index (χ1) is 18.3. The van der Waals surface area contributed by atoms with Crippen molar-refractivity contribution >= 4 is 21.7 Å². The van der Waals surface area contributed by atoms with Gasteiger partial charge in [0, 0.05) is 30.2 Å². The summed E-state index contributed by atoms with van der Waals surface area (Å²) in [5.74, 6) is -0.412. The van der Waals surface area contributed by atoms with E-state index in [1.54, 1.807) is 25.1 Å². The fourth-order valence-corrected chi connectivity index (χ4v) is 6.48. The number of ether oxygens (including phenoxy) is 1. The average molecular weight is 509 g/mol. The number of aryl methyl sites for hydroxylation is 1. The van der Waals surface area contributed by atoms with Gasteiger partial charge in [-0.2, -0.15) is 5.26 Å². The Hall–Kier alpha value is -4.52. The van der Waals surface area contributed by atoms with E-state index in [1.165, 1.54) is 9.25 Å². The van der Waals surface area contributed by atoms with Crippen LogP contribution in [0.2, 0.25) is 0 Å². The number of aromatic hydroxyl groups is 2. The maximum absolute atomic E-state index is 12.9. The number of nitrogens with zero attached hydrogens (tertiary/aromatic N) is 3. The highest BCUT2D eigenvalue weighted by atomic mass is 16.6. The summed E-state index contributed by atoms with van der Waals surface area (Å²) in [7, 11) is 0. The minimum Gasteiger partial charge on any atom is -0.494 e. The summed E-state index contributed by atoms with van der Waals surface area (Å²) in [6.45, 7) is 1.96. The van der Waals surface area contributed by atoms with Crippen molar-refractivity contribution in [3.63, 3.8) is 0 Å². The van der Waals surface area contributed by atoms with E-state index < -0.39 is 17.3 Å². The summed E-state index contributed by atoms with van der Waals surface area (Å²) >= 11 is 0. The Labute approximate surface area is 216 Å². The van der Waals surface area contributed by atoms with E-state index in [-0.39, 0.29) is 36.7 Å². The van der Waals surface area contributed by atoms with E-state index in [9.17, 15) is 25.4 Å². The van der Waals surface area contributed by atoms with Crippen molar-refractivity contribution in [3.8, 4) is 23.5 Å². The van der Waals surface area contributed by atoms with Crippen LogP contribution in [0, 0.1) is 11.3 Å². The highest BCUT2D eigenvalue weighted by Crippen LogP contribution is 2.65. The third-order valence-corrected chi connectivity index (χ3v) is 8.30. The molecule has 7 rings (SSSR count). The molecule has 2 aliphatic rings. The van der Waals surface area contributed by atoms with E-state index in [0.29, 0.717) is 38.5 Å². The molecular weight excluding hydrogens is 484 g/mol. The standard InChI is InChI=1S/C29H24N4O5/c1-28-22(34)14-29(38-28,12-13-32-25(35)19-8-4-5-9-20(19)31-32)24-23(28)26(36)33(27(24)37)21-11-10-16(15-30)17-6-2-3-7-18(17)21/h2-11,22,31,34,36-37H,12-14H2,1H3/t22-,28-,29+/m0/s1. The number of para-hydroxylation sites is 1. The smallest absolute Gasteiger partial charge is 0.274 e. The van der Waals surface area contributed by atoms with Crippen LogP contribution in [0.15, 0.2) is 65.5 Å². The van der Waals surface area contributed by atoms with Crippen LogP contribution < -0.4 is 5.56 Å². The average Bonchev–Trinajstić information content (AvgIpc) is 3.57. The van der Waals surface area contributed by atoms with Gasteiger partial charge in [-0.15, -0.1) is 0 Å². The summed E-state index contributed by atoms with van der Waals surface area (Å²) in [5, 5.41) is 48.8. The molecule has 38 heavy (non-hydrogen) atoms. The van der Waals surface area contributed by atoms with Gasteiger partial charge in [0.2, 0.25) is 11.8 Å². The Bertz CT molecular complexity index is 1890. The van der Waals surface area contributed by atoms with E-state index in [0.717, 1.165) is 5.52 Å². The van der Waals surface area contributed by atoms with Gasteiger partial charge in [-0.3, -0.25) is 19.1 Å². The maximum atomic E-state index is 12.9. The second-order valence-electron chi connectivity index (χ2n) is 10.3. The molecule has 0 aliphatic carbocycles. The first-order valence-electron chi connectivity index (χ1n) is 12.4. The summed E-state index contributed by atoms with van der Waals surface area (Å²) in [5.41, 5.74) is -0.0567. The number of rotatable bonds is 4. The number of hydrogen-bond donors (Lipinski definition) is 4. The molecule has 0 amide bonds. The van der Waals surface area contributed by atoms with Gasteiger partial charge in [-0.1, -0.05) is 36.4 Å². The third-order valence-electron chi connectivity index (χ3n) is 8.30. The lowest BCUT2D eigenvalue weighted by atomic mass is 9.76.